The molecule has 0 bridgehead atoms. The monoisotopic (exact) mass is 300 g/mol. The number of H-pyrrole nitrogens is 1. The Labute approximate surface area is 131 Å². The minimum atomic E-state index is 0.290. The molecular formula is C17H24N4O. The molecule has 0 aliphatic carbocycles. The minimum absolute atomic E-state index is 0.290. The smallest absolute Gasteiger partial charge is 0.222 e. The van der Waals surface area contributed by atoms with E-state index in [1.54, 1.807) is 0 Å². The second-order valence-corrected chi connectivity index (χ2v) is 6.46. The standard InChI is InChI=1S/C17H24N4O/c1-13(2)11-17(22)21-9-7-20(8-10-21)12-16-18-14-5-3-4-6-15(14)19-16/h3-6,13H,7-12H2,1-2H3,(H,18,19). The fraction of sp³-hybridized carbons (Fsp3) is 0.529. The molecule has 2 aromatic rings. The third kappa shape index (κ3) is 3.47. The summed E-state index contributed by atoms with van der Waals surface area (Å²) in [4.78, 5) is 24.4. The molecule has 22 heavy (non-hydrogen) atoms. The highest BCUT2D eigenvalue weighted by atomic mass is 16.2. The third-order valence-electron chi connectivity index (χ3n) is 4.12. The van der Waals surface area contributed by atoms with Crippen LogP contribution in [0, 0.1) is 5.92 Å². The number of hydrogen-bond acceptors (Lipinski definition) is 3. The minimum Gasteiger partial charge on any atom is -0.341 e. The molecule has 0 atom stereocenters. The van der Waals surface area contributed by atoms with Crippen LogP contribution in [0.1, 0.15) is 26.1 Å². The van der Waals surface area contributed by atoms with Gasteiger partial charge in [-0.05, 0) is 18.1 Å². The number of amides is 1. The average Bonchev–Trinajstić information content (AvgIpc) is 2.89. The highest BCUT2D eigenvalue weighted by Gasteiger charge is 2.22. The van der Waals surface area contributed by atoms with Gasteiger partial charge in [0.05, 0.1) is 17.6 Å². The second-order valence-electron chi connectivity index (χ2n) is 6.46. The normalized spacial score (nSPS) is 16.6. The van der Waals surface area contributed by atoms with Crippen LogP contribution in [-0.2, 0) is 11.3 Å². The number of carbonyl (C=O) groups is 1. The van der Waals surface area contributed by atoms with Crippen molar-refractivity contribution >= 4 is 16.9 Å². The Morgan fingerprint density at radius 2 is 1.95 bits per heavy atom. The topological polar surface area (TPSA) is 52.2 Å². The van der Waals surface area contributed by atoms with Crippen molar-refractivity contribution in [1.82, 2.24) is 19.8 Å². The lowest BCUT2D eigenvalue weighted by Gasteiger charge is -2.34. The van der Waals surface area contributed by atoms with E-state index in [1.807, 2.05) is 29.2 Å². The van der Waals surface area contributed by atoms with Crippen molar-refractivity contribution in [2.24, 2.45) is 5.92 Å². The molecule has 1 aliphatic rings. The van der Waals surface area contributed by atoms with Crippen molar-refractivity contribution in [1.29, 1.82) is 0 Å². The van der Waals surface area contributed by atoms with Crippen molar-refractivity contribution in [2.45, 2.75) is 26.8 Å². The number of rotatable bonds is 4. The molecule has 5 nitrogen and oxygen atoms in total. The van der Waals surface area contributed by atoms with Crippen molar-refractivity contribution in [2.75, 3.05) is 26.2 Å². The Balaban J connectivity index is 1.54. The number of hydrogen-bond donors (Lipinski definition) is 1. The van der Waals surface area contributed by atoms with Gasteiger partial charge in [0.25, 0.3) is 0 Å². The number of fused-ring (bicyclic) bond motifs is 1. The number of piperazine rings is 1. The lowest BCUT2D eigenvalue weighted by Crippen LogP contribution is -2.48. The number of nitrogens with zero attached hydrogens (tertiary/aromatic N) is 3. The number of benzene rings is 1. The molecule has 1 aromatic carbocycles. The molecule has 1 amide bonds. The van der Waals surface area contributed by atoms with Crippen LogP contribution >= 0.6 is 0 Å². The zero-order valence-electron chi connectivity index (χ0n) is 13.4. The highest BCUT2D eigenvalue weighted by Crippen LogP contribution is 2.13. The molecule has 0 unspecified atom stereocenters. The molecule has 0 radical (unpaired) electrons. The summed E-state index contributed by atoms with van der Waals surface area (Å²) < 4.78 is 0. The van der Waals surface area contributed by atoms with Gasteiger partial charge in [-0.2, -0.15) is 0 Å². The Morgan fingerprint density at radius 1 is 1.23 bits per heavy atom. The Kier molecular flexibility index (Phi) is 4.43. The summed E-state index contributed by atoms with van der Waals surface area (Å²) in [5.41, 5.74) is 2.10. The van der Waals surface area contributed by atoms with Crippen molar-refractivity contribution in [3.63, 3.8) is 0 Å². The Bertz CT molecular complexity index is 608. The summed E-state index contributed by atoms with van der Waals surface area (Å²) in [5, 5.41) is 0. The predicted molar refractivity (Wildman–Crippen MR) is 87.4 cm³/mol. The fourth-order valence-corrected chi connectivity index (χ4v) is 2.93. The number of aromatic amines is 1. The number of para-hydroxylation sites is 2. The maximum Gasteiger partial charge on any atom is 0.222 e. The maximum atomic E-state index is 12.1. The van der Waals surface area contributed by atoms with Gasteiger partial charge in [-0.1, -0.05) is 26.0 Å². The van der Waals surface area contributed by atoms with E-state index < -0.39 is 0 Å². The van der Waals surface area contributed by atoms with Gasteiger partial charge in [0.2, 0.25) is 5.91 Å². The van der Waals surface area contributed by atoms with Gasteiger partial charge in [0, 0.05) is 32.6 Å². The zero-order valence-corrected chi connectivity index (χ0v) is 13.4. The summed E-state index contributed by atoms with van der Waals surface area (Å²) in [6, 6.07) is 8.10. The van der Waals surface area contributed by atoms with Crippen molar-refractivity contribution in [3.05, 3.63) is 30.1 Å². The largest absolute Gasteiger partial charge is 0.341 e. The van der Waals surface area contributed by atoms with Crippen LogP contribution in [-0.4, -0.2) is 51.9 Å². The summed E-state index contributed by atoms with van der Waals surface area (Å²) in [5.74, 6) is 1.72. The first-order valence-corrected chi connectivity index (χ1v) is 8.05. The highest BCUT2D eigenvalue weighted by molar-refractivity contribution is 5.76. The molecule has 1 N–H and O–H groups in total. The molecule has 1 aromatic heterocycles. The quantitative estimate of drug-likeness (QED) is 0.942. The van der Waals surface area contributed by atoms with Crippen LogP contribution in [0.2, 0.25) is 0 Å². The van der Waals surface area contributed by atoms with E-state index in [4.69, 9.17) is 0 Å². The number of aromatic nitrogens is 2. The molecule has 2 heterocycles. The molecule has 0 spiro atoms. The maximum absolute atomic E-state index is 12.1. The predicted octanol–water partition coefficient (Wildman–Crippen LogP) is 2.25. The SMILES string of the molecule is CC(C)CC(=O)N1CCN(Cc2nc3ccccc3[nH]2)CC1. The second kappa shape index (κ2) is 6.48. The van der Waals surface area contributed by atoms with Gasteiger partial charge in [0.1, 0.15) is 5.82 Å². The molecule has 0 saturated carbocycles. The van der Waals surface area contributed by atoms with E-state index in [0.717, 1.165) is 49.6 Å². The van der Waals surface area contributed by atoms with Gasteiger partial charge >= 0.3 is 0 Å². The summed E-state index contributed by atoms with van der Waals surface area (Å²) in [6.07, 6.45) is 0.656. The van der Waals surface area contributed by atoms with Gasteiger partial charge in [-0.15, -0.1) is 0 Å². The molecular weight excluding hydrogens is 276 g/mol. The van der Waals surface area contributed by atoms with Crippen LogP contribution in [0.4, 0.5) is 0 Å². The van der Waals surface area contributed by atoms with E-state index in [-0.39, 0.29) is 0 Å². The van der Waals surface area contributed by atoms with Crippen LogP contribution in [0.15, 0.2) is 24.3 Å². The van der Waals surface area contributed by atoms with Gasteiger partial charge in [0.15, 0.2) is 0 Å². The summed E-state index contributed by atoms with van der Waals surface area (Å²) >= 11 is 0. The van der Waals surface area contributed by atoms with Gasteiger partial charge in [-0.25, -0.2) is 4.98 Å². The van der Waals surface area contributed by atoms with Crippen LogP contribution in [0.3, 0.4) is 0 Å². The lowest BCUT2D eigenvalue weighted by molar-refractivity contribution is -0.133. The fourth-order valence-electron chi connectivity index (χ4n) is 2.93. The van der Waals surface area contributed by atoms with E-state index in [1.165, 1.54) is 0 Å². The molecule has 5 heteroatoms. The average molecular weight is 300 g/mol. The van der Waals surface area contributed by atoms with Gasteiger partial charge in [-0.3, -0.25) is 9.69 Å². The van der Waals surface area contributed by atoms with E-state index >= 15 is 0 Å². The number of nitrogens with one attached hydrogen (secondary N) is 1. The molecule has 1 saturated heterocycles. The van der Waals surface area contributed by atoms with E-state index in [9.17, 15) is 4.79 Å². The number of carbonyl (C=O) groups excluding carboxylic acids is 1. The zero-order chi connectivity index (χ0) is 15.5. The first kappa shape index (κ1) is 15.0. The van der Waals surface area contributed by atoms with Crippen molar-refractivity contribution in [3.8, 4) is 0 Å². The Hall–Kier alpha value is -1.88. The van der Waals surface area contributed by atoms with E-state index in [0.29, 0.717) is 18.2 Å². The van der Waals surface area contributed by atoms with Crippen LogP contribution < -0.4 is 0 Å². The molecule has 1 fully saturated rings. The van der Waals surface area contributed by atoms with Crippen molar-refractivity contribution < 1.29 is 4.79 Å². The number of imidazole rings is 1. The van der Waals surface area contributed by atoms with Crippen LogP contribution in [0.5, 0.6) is 0 Å². The third-order valence-corrected chi connectivity index (χ3v) is 4.12. The summed E-state index contributed by atoms with van der Waals surface area (Å²) in [6.45, 7) is 8.49. The first-order chi connectivity index (χ1) is 10.6. The van der Waals surface area contributed by atoms with Gasteiger partial charge < -0.3 is 9.88 Å². The Morgan fingerprint density at radius 3 is 2.64 bits per heavy atom. The lowest BCUT2D eigenvalue weighted by atomic mass is 10.1. The molecule has 3 rings (SSSR count). The molecule has 1 aliphatic heterocycles. The molecule has 118 valence electrons. The van der Waals surface area contributed by atoms with Crippen LogP contribution in [0.25, 0.3) is 11.0 Å². The summed E-state index contributed by atoms with van der Waals surface area (Å²) in [7, 11) is 0. The first-order valence-electron chi connectivity index (χ1n) is 8.05. The van der Waals surface area contributed by atoms with E-state index in [2.05, 4.69) is 28.7 Å².